The number of sulfonamides is 1. The molecule has 0 aromatic heterocycles. The molecule has 1 atom stereocenters. The van der Waals surface area contributed by atoms with E-state index in [-0.39, 0.29) is 23.4 Å². The van der Waals surface area contributed by atoms with E-state index in [0.717, 1.165) is 19.4 Å². The summed E-state index contributed by atoms with van der Waals surface area (Å²) in [6, 6.07) is 0. The van der Waals surface area contributed by atoms with Crippen LogP contribution < -0.4 is 5.32 Å². The SMILES string of the molecule is CCS(=O)(=O)N1CCC2(CCC(C(=O)NCC3CC3)O2)CC1. The quantitative estimate of drug-likeness (QED) is 0.812. The van der Waals surface area contributed by atoms with Gasteiger partial charge in [-0.1, -0.05) is 0 Å². The molecule has 1 N–H and O–H groups in total. The van der Waals surface area contributed by atoms with Crippen molar-refractivity contribution in [2.45, 2.75) is 57.2 Å². The first-order chi connectivity index (χ1) is 10.4. The number of hydrogen-bond acceptors (Lipinski definition) is 4. The molecule has 1 unspecified atom stereocenters. The lowest BCUT2D eigenvalue weighted by molar-refractivity contribution is -0.139. The van der Waals surface area contributed by atoms with Crippen LogP contribution in [0.2, 0.25) is 0 Å². The van der Waals surface area contributed by atoms with Crippen LogP contribution in [0, 0.1) is 5.92 Å². The highest BCUT2D eigenvalue weighted by Gasteiger charge is 2.46. The van der Waals surface area contributed by atoms with Crippen molar-refractivity contribution >= 4 is 15.9 Å². The number of ether oxygens (including phenoxy) is 1. The molecule has 1 amide bonds. The van der Waals surface area contributed by atoms with Crippen molar-refractivity contribution in [1.82, 2.24) is 9.62 Å². The van der Waals surface area contributed by atoms with Crippen LogP contribution in [0.25, 0.3) is 0 Å². The van der Waals surface area contributed by atoms with Crippen molar-refractivity contribution in [2.75, 3.05) is 25.4 Å². The summed E-state index contributed by atoms with van der Waals surface area (Å²) in [4.78, 5) is 12.1. The van der Waals surface area contributed by atoms with Crippen LogP contribution in [0.3, 0.4) is 0 Å². The Bertz CT molecular complexity index is 522. The van der Waals surface area contributed by atoms with Gasteiger partial charge in [0.05, 0.1) is 11.4 Å². The van der Waals surface area contributed by atoms with E-state index in [1.165, 1.54) is 12.8 Å². The van der Waals surface area contributed by atoms with Crippen LogP contribution in [-0.4, -0.2) is 55.7 Å². The van der Waals surface area contributed by atoms with Crippen LogP contribution in [0.15, 0.2) is 0 Å². The summed E-state index contributed by atoms with van der Waals surface area (Å²) < 4.78 is 31.4. The highest BCUT2D eigenvalue weighted by atomic mass is 32.2. The van der Waals surface area contributed by atoms with Gasteiger partial charge in [-0.3, -0.25) is 4.79 Å². The number of nitrogens with one attached hydrogen (secondary N) is 1. The van der Waals surface area contributed by atoms with Gasteiger partial charge in [-0.15, -0.1) is 0 Å². The van der Waals surface area contributed by atoms with Gasteiger partial charge >= 0.3 is 0 Å². The molecule has 0 radical (unpaired) electrons. The maximum Gasteiger partial charge on any atom is 0.249 e. The first-order valence-corrected chi connectivity index (χ1v) is 9.98. The summed E-state index contributed by atoms with van der Waals surface area (Å²) in [7, 11) is -3.11. The Morgan fingerprint density at radius 3 is 2.50 bits per heavy atom. The fraction of sp³-hybridized carbons (Fsp3) is 0.933. The molecule has 126 valence electrons. The van der Waals surface area contributed by atoms with Crippen molar-refractivity contribution in [1.29, 1.82) is 0 Å². The van der Waals surface area contributed by atoms with Crippen molar-refractivity contribution in [2.24, 2.45) is 5.92 Å². The van der Waals surface area contributed by atoms with Crippen molar-refractivity contribution in [3.05, 3.63) is 0 Å². The number of hydrogen-bond donors (Lipinski definition) is 1. The zero-order valence-corrected chi connectivity index (χ0v) is 14.0. The second-order valence-corrected chi connectivity index (χ2v) is 9.07. The van der Waals surface area contributed by atoms with Gasteiger partial charge in [0.15, 0.2) is 0 Å². The molecule has 3 rings (SSSR count). The highest BCUT2D eigenvalue weighted by Crippen LogP contribution is 2.39. The number of nitrogens with zero attached hydrogens (tertiary/aromatic N) is 1. The standard InChI is InChI=1S/C15H26N2O4S/c1-2-22(19,20)17-9-7-15(8-10-17)6-5-13(21-15)14(18)16-11-12-3-4-12/h12-13H,2-11H2,1H3,(H,16,18). The van der Waals surface area contributed by atoms with Gasteiger partial charge in [0, 0.05) is 19.6 Å². The number of rotatable bonds is 5. The van der Waals surface area contributed by atoms with Crippen LogP contribution in [-0.2, 0) is 19.6 Å². The second kappa shape index (κ2) is 6.09. The summed E-state index contributed by atoms with van der Waals surface area (Å²) in [5.41, 5.74) is -0.290. The fourth-order valence-corrected chi connectivity index (χ4v) is 4.51. The smallest absolute Gasteiger partial charge is 0.249 e. The lowest BCUT2D eigenvalue weighted by Gasteiger charge is -2.38. The average molecular weight is 330 g/mol. The zero-order chi connectivity index (χ0) is 15.8. The molecule has 7 heteroatoms. The normalized spacial score (nSPS) is 28.9. The molecule has 2 saturated heterocycles. The molecular formula is C15H26N2O4S. The molecule has 2 heterocycles. The predicted molar refractivity (Wildman–Crippen MR) is 82.8 cm³/mol. The first kappa shape index (κ1) is 16.2. The third-order valence-corrected chi connectivity index (χ3v) is 7.08. The topological polar surface area (TPSA) is 75.7 Å². The largest absolute Gasteiger partial charge is 0.362 e. The van der Waals surface area contributed by atoms with E-state index in [1.807, 2.05) is 0 Å². The van der Waals surface area contributed by atoms with Gasteiger partial charge in [-0.25, -0.2) is 12.7 Å². The lowest BCUT2D eigenvalue weighted by atomic mass is 9.89. The summed E-state index contributed by atoms with van der Waals surface area (Å²) >= 11 is 0. The van der Waals surface area contributed by atoms with E-state index in [2.05, 4.69) is 5.32 Å². The van der Waals surface area contributed by atoms with Crippen LogP contribution in [0.4, 0.5) is 0 Å². The van der Waals surface area contributed by atoms with Crippen molar-refractivity contribution in [3.8, 4) is 0 Å². The van der Waals surface area contributed by atoms with Gasteiger partial charge in [-0.2, -0.15) is 0 Å². The van der Waals surface area contributed by atoms with Crippen LogP contribution in [0.5, 0.6) is 0 Å². The minimum absolute atomic E-state index is 0.00684. The van der Waals surface area contributed by atoms with Crippen LogP contribution >= 0.6 is 0 Å². The monoisotopic (exact) mass is 330 g/mol. The molecule has 0 aromatic carbocycles. The van der Waals surface area contributed by atoms with E-state index < -0.39 is 10.0 Å². The molecule has 3 fully saturated rings. The summed E-state index contributed by atoms with van der Waals surface area (Å²) in [6.45, 7) is 3.46. The third-order valence-electron chi connectivity index (χ3n) is 5.20. The molecule has 0 bridgehead atoms. The predicted octanol–water partition coefficient (Wildman–Crippen LogP) is 0.876. The van der Waals surface area contributed by atoms with E-state index >= 15 is 0 Å². The van der Waals surface area contributed by atoms with Gasteiger partial charge in [0.1, 0.15) is 6.10 Å². The van der Waals surface area contributed by atoms with Gasteiger partial charge in [0.25, 0.3) is 0 Å². The van der Waals surface area contributed by atoms with E-state index in [0.29, 0.717) is 31.8 Å². The minimum Gasteiger partial charge on any atom is -0.362 e. The van der Waals surface area contributed by atoms with E-state index in [1.54, 1.807) is 11.2 Å². The molecule has 1 saturated carbocycles. The highest BCUT2D eigenvalue weighted by molar-refractivity contribution is 7.89. The Hall–Kier alpha value is -0.660. The summed E-state index contributed by atoms with van der Waals surface area (Å²) in [5.74, 6) is 0.821. The zero-order valence-electron chi connectivity index (χ0n) is 13.2. The molecular weight excluding hydrogens is 304 g/mol. The Balaban J connectivity index is 1.50. The third kappa shape index (κ3) is 3.46. The molecule has 1 spiro atoms. The number of amides is 1. The molecule has 0 aromatic rings. The Kier molecular flexibility index (Phi) is 4.49. The minimum atomic E-state index is -3.11. The Morgan fingerprint density at radius 2 is 1.91 bits per heavy atom. The van der Waals surface area contributed by atoms with E-state index in [4.69, 9.17) is 4.74 Å². The summed E-state index contributed by atoms with van der Waals surface area (Å²) in [6.07, 6.45) is 5.07. The van der Waals surface area contributed by atoms with E-state index in [9.17, 15) is 13.2 Å². The molecule has 2 aliphatic heterocycles. The van der Waals surface area contributed by atoms with Crippen LogP contribution in [0.1, 0.15) is 45.4 Å². The average Bonchev–Trinajstić information content (AvgIpc) is 3.26. The molecule has 22 heavy (non-hydrogen) atoms. The van der Waals surface area contributed by atoms with Crippen molar-refractivity contribution in [3.63, 3.8) is 0 Å². The fourth-order valence-electron chi connectivity index (χ4n) is 3.40. The van der Waals surface area contributed by atoms with Gasteiger partial charge < -0.3 is 10.1 Å². The molecule has 6 nitrogen and oxygen atoms in total. The maximum absolute atomic E-state index is 12.1. The maximum atomic E-state index is 12.1. The Morgan fingerprint density at radius 1 is 1.23 bits per heavy atom. The first-order valence-electron chi connectivity index (χ1n) is 8.37. The number of piperidine rings is 1. The van der Waals surface area contributed by atoms with Gasteiger partial charge in [-0.05, 0) is 51.4 Å². The molecule has 3 aliphatic rings. The van der Waals surface area contributed by atoms with Gasteiger partial charge in [0.2, 0.25) is 15.9 Å². The Labute approximate surface area is 132 Å². The lowest BCUT2D eigenvalue weighted by Crippen LogP contribution is -2.48. The van der Waals surface area contributed by atoms with Crippen molar-refractivity contribution < 1.29 is 17.9 Å². The second-order valence-electron chi connectivity index (χ2n) is 6.82. The number of carbonyl (C=O) groups is 1. The number of carbonyl (C=O) groups excluding carboxylic acids is 1. The summed E-state index contributed by atoms with van der Waals surface area (Å²) in [5, 5.41) is 2.98. The molecule has 1 aliphatic carbocycles.